The zero-order valence-electron chi connectivity index (χ0n) is 50.7. The summed E-state index contributed by atoms with van der Waals surface area (Å²) in [4.78, 5) is 5.18. The van der Waals surface area contributed by atoms with Crippen molar-refractivity contribution in [2.75, 3.05) is 0 Å². The van der Waals surface area contributed by atoms with E-state index in [1.54, 1.807) is 0 Å². The lowest BCUT2D eigenvalue weighted by Gasteiger charge is -2.43. The topological polar surface area (TPSA) is 23.0 Å². The van der Waals surface area contributed by atoms with Gasteiger partial charge in [0.15, 0.2) is 0 Å². The molecule has 0 spiro atoms. The van der Waals surface area contributed by atoms with Crippen LogP contribution >= 0.6 is 10.0 Å². The summed E-state index contributed by atoms with van der Waals surface area (Å²) >= 11 is 0. The second kappa shape index (κ2) is 20.6. The third-order valence-corrected chi connectivity index (χ3v) is 23.7. The molecule has 3 aromatic heterocycles. The standard InChI is InChI=1S/C72H58B10N2OS/c73-61-59(62(74)66(78)69(81)65(61)77)52-37-44(86(41-17-4-1-5-18-41,42-19-6-2-7-20-42)43-21-8-3-9-22-43)38-53(60-63(75)67(79)70(82)68(80)64(60)76)72(52)84-55-29-14-11-24-47(55)50-36-40(32-33-56(50)84)83-54-28-13-10-23-46(54)49-27-16-26-45(71(49)83)39-31-34-58-51(35-39)48-25-12-15-30-57(48)85-58/h1-38H,73-82H2. The third-order valence-electron chi connectivity index (χ3n) is 19.8. The largest absolute Gasteiger partial charge is 0.456 e. The first kappa shape index (κ1) is 53.7. The van der Waals surface area contributed by atoms with Crippen molar-refractivity contribution in [3.8, 4) is 44.8 Å². The van der Waals surface area contributed by atoms with Crippen LogP contribution < -0.4 is 54.6 Å². The molecule has 15 rings (SSSR count). The maximum atomic E-state index is 6.37. The van der Waals surface area contributed by atoms with Gasteiger partial charge in [-0.15, -0.1) is 42.8 Å². The van der Waals surface area contributed by atoms with Gasteiger partial charge in [0.25, 0.3) is 0 Å². The lowest BCUT2D eigenvalue weighted by Crippen LogP contribution is -2.55. The van der Waals surface area contributed by atoms with Gasteiger partial charge < -0.3 is 13.6 Å². The van der Waals surface area contributed by atoms with Crippen LogP contribution in [0.15, 0.2) is 255 Å². The summed E-state index contributed by atoms with van der Waals surface area (Å²) in [6, 6.07) is 86.6. The molecule has 0 amide bonds. The summed E-state index contributed by atoms with van der Waals surface area (Å²) in [5.74, 6) is 0. The molecule has 86 heavy (non-hydrogen) atoms. The van der Waals surface area contributed by atoms with Crippen LogP contribution in [0.25, 0.3) is 110 Å². The fraction of sp³-hybridized carbons (Fsp3) is 0. The number of fused-ring (bicyclic) bond motifs is 9. The Morgan fingerprint density at radius 2 is 0.709 bits per heavy atom. The molecule has 0 aliphatic carbocycles. The number of furan rings is 1. The van der Waals surface area contributed by atoms with E-state index in [-0.39, 0.29) is 0 Å². The fourth-order valence-electron chi connectivity index (χ4n) is 14.7. The van der Waals surface area contributed by atoms with Crippen molar-refractivity contribution < 1.29 is 4.42 Å². The second-order valence-corrected chi connectivity index (χ2v) is 26.9. The van der Waals surface area contributed by atoms with Crippen LogP contribution in [0.2, 0.25) is 0 Å². The quantitative estimate of drug-likeness (QED) is 0.205. The number of nitrogens with zero attached hydrogens (tertiary/aromatic N) is 2. The molecule has 0 atom stereocenters. The summed E-state index contributed by atoms with van der Waals surface area (Å²) < 4.78 is 11.5. The van der Waals surface area contributed by atoms with Gasteiger partial charge in [-0.25, -0.2) is 0 Å². The van der Waals surface area contributed by atoms with Gasteiger partial charge in [-0.1, -0.05) is 155 Å². The molecule has 3 heterocycles. The van der Waals surface area contributed by atoms with Crippen LogP contribution in [0.1, 0.15) is 0 Å². The zero-order valence-corrected chi connectivity index (χ0v) is 51.5. The number of hydrogen-bond donors (Lipinski definition) is 0. The molecule has 3 nitrogen and oxygen atoms in total. The van der Waals surface area contributed by atoms with Crippen LogP contribution in [0.3, 0.4) is 0 Å². The van der Waals surface area contributed by atoms with Gasteiger partial charge >= 0.3 is 0 Å². The van der Waals surface area contributed by atoms with E-state index in [1.807, 2.05) is 6.07 Å². The summed E-state index contributed by atoms with van der Waals surface area (Å²) in [6.07, 6.45) is 0. The second-order valence-electron chi connectivity index (χ2n) is 23.8. The van der Waals surface area contributed by atoms with E-state index >= 15 is 0 Å². The molecule has 0 aliphatic rings. The number of rotatable bonds is 9. The highest BCUT2D eigenvalue weighted by Crippen LogP contribution is 2.74. The molecule has 12 aromatic carbocycles. The SMILES string of the molecule is Bc1c(B)c(B)c(-c2cc(S(c3ccccc3)(c3ccccc3)c3ccccc3)cc(-c3c(B)c(B)c(B)c(B)c3B)c2-n2c3ccccc3c3cc(-n4c5ccccc5c5cccc(-c6ccc7oc8ccccc8c7c6)c54)ccc32)c(B)c1B. The van der Waals surface area contributed by atoms with Crippen molar-refractivity contribution in [1.82, 2.24) is 9.13 Å². The Morgan fingerprint density at radius 1 is 0.279 bits per heavy atom. The summed E-state index contributed by atoms with van der Waals surface area (Å²) in [5, 5.41) is 7.08. The maximum absolute atomic E-state index is 6.37. The van der Waals surface area contributed by atoms with Crippen LogP contribution in [-0.4, -0.2) is 87.6 Å². The predicted octanol–water partition coefficient (Wildman–Crippen LogP) is 2.71. The van der Waals surface area contributed by atoms with E-state index < -0.39 is 10.0 Å². The minimum absolute atomic E-state index is 0.894. The molecule has 14 heteroatoms. The molecule has 15 aromatic rings. The minimum Gasteiger partial charge on any atom is -0.456 e. The van der Waals surface area contributed by atoms with E-state index in [9.17, 15) is 0 Å². The van der Waals surface area contributed by atoms with Crippen molar-refractivity contribution in [2.45, 2.75) is 19.6 Å². The van der Waals surface area contributed by atoms with Crippen LogP contribution in [-0.2, 0) is 0 Å². The smallest absolute Gasteiger partial charge is 0.139 e. The lowest BCUT2D eigenvalue weighted by atomic mass is 9.58. The Labute approximate surface area is 513 Å². The van der Waals surface area contributed by atoms with Gasteiger partial charge in [-0.05, 0) is 114 Å². The van der Waals surface area contributed by atoms with E-state index in [0.717, 1.165) is 44.2 Å². The Hall–Kier alpha value is -8.96. The average Bonchev–Trinajstić information content (AvgIpc) is 1.28. The summed E-state index contributed by atoms with van der Waals surface area (Å²) in [5.41, 5.74) is 29.4. The minimum atomic E-state index is -2.18. The van der Waals surface area contributed by atoms with Gasteiger partial charge in [-0.2, -0.15) is 0 Å². The Bertz CT molecular complexity index is 5070. The first-order valence-corrected chi connectivity index (χ1v) is 31.8. The molecule has 0 radical (unpaired) electrons. The highest BCUT2D eigenvalue weighted by Gasteiger charge is 2.37. The van der Waals surface area contributed by atoms with Crippen molar-refractivity contribution in [3.05, 3.63) is 231 Å². The predicted molar refractivity (Wildman–Crippen MR) is 400 cm³/mol. The van der Waals surface area contributed by atoms with Gasteiger partial charge in [0.2, 0.25) is 0 Å². The van der Waals surface area contributed by atoms with Crippen molar-refractivity contribution >= 4 is 209 Å². The molecule has 0 N–H and O–H groups in total. The average molecular weight is 1110 g/mol. The van der Waals surface area contributed by atoms with Crippen LogP contribution in [0.4, 0.5) is 0 Å². The van der Waals surface area contributed by atoms with E-state index in [4.69, 9.17) is 4.42 Å². The number of aromatic nitrogens is 2. The van der Waals surface area contributed by atoms with Crippen molar-refractivity contribution in [3.63, 3.8) is 0 Å². The van der Waals surface area contributed by atoms with E-state index in [0.29, 0.717) is 0 Å². The molecule has 0 aliphatic heterocycles. The Balaban J connectivity index is 1.10. The summed E-state index contributed by atoms with van der Waals surface area (Å²) in [7, 11) is 21.3. The van der Waals surface area contributed by atoms with Crippen molar-refractivity contribution in [1.29, 1.82) is 0 Å². The van der Waals surface area contributed by atoms with Gasteiger partial charge in [0.05, 0.1) is 27.8 Å². The van der Waals surface area contributed by atoms with E-state index in [1.165, 1.54) is 140 Å². The first-order chi connectivity index (χ1) is 41.9. The summed E-state index contributed by atoms with van der Waals surface area (Å²) in [6.45, 7) is 0. The van der Waals surface area contributed by atoms with Gasteiger partial charge in [-0.3, -0.25) is 0 Å². The number of para-hydroxylation sites is 4. The third kappa shape index (κ3) is 7.91. The Kier molecular flexibility index (Phi) is 12.9. The first-order valence-electron chi connectivity index (χ1n) is 30.2. The molecule has 0 saturated carbocycles. The van der Waals surface area contributed by atoms with Crippen molar-refractivity contribution in [2.24, 2.45) is 0 Å². The van der Waals surface area contributed by atoms with Gasteiger partial charge in [0.1, 0.15) is 89.6 Å². The molecule has 0 unspecified atom stereocenters. The highest BCUT2D eigenvalue weighted by atomic mass is 32.3. The molecular formula is C72H58B10N2OS. The highest BCUT2D eigenvalue weighted by molar-refractivity contribution is 8.34. The molecule has 0 fully saturated rings. The maximum Gasteiger partial charge on any atom is 0.139 e. The zero-order chi connectivity index (χ0) is 58.9. The number of benzene rings is 12. The van der Waals surface area contributed by atoms with Crippen LogP contribution in [0.5, 0.6) is 0 Å². The molecule has 0 saturated heterocycles. The molecule has 0 bridgehead atoms. The lowest BCUT2D eigenvalue weighted by molar-refractivity contribution is 0.669. The van der Waals surface area contributed by atoms with E-state index in [2.05, 4.69) is 312 Å². The monoisotopic (exact) mass is 1110 g/mol. The Morgan fingerprint density at radius 3 is 1.26 bits per heavy atom. The normalized spacial score (nSPS) is 12.1. The molecular weight excluding hydrogens is 1050 g/mol. The van der Waals surface area contributed by atoms with Crippen LogP contribution in [0, 0.1) is 0 Å². The number of hydrogen-bond acceptors (Lipinski definition) is 1. The fourth-order valence-corrected chi connectivity index (χ4v) is 18.6. The molecule has 398 valence electrons. The van der Waals surface area contributed by atoms with Gasteiger partial charge in [0, 0.05) is 74.3 Å².